The zero-order valence-electron chi connectivity index (χ0n) is 14.5. The van der Waals surface area contributed by atoms with Crippen LogP contribution >= 0.6 is 0 Å². The first-order valence-corrected chi connectivity index (χ1v) is 10.3. The summed E-state index contributed by atoms with van der Waals surface area (Å²) in [5.41, 5.74) is 1.44. The molecule has 2 saturated carbocycles. The van der Waals surface area contributed by atoms with Gasteiger partial charge >= 0.3 is 0 Å². The summed E-state index contributed by atoms with van der Waals surface area (Å²) in [6.45, 7) is 21.3. The second-order valence-corrected chi connectivity index (χ2v) is 15.2. The number of hydrogen-bond donors (Lipinski definition) is 0. The van der Waals surface area contributed by atoms with Crippen LogP contribution in [0.3, 0.4) is 0 Å². The van der Waals surface area contributed by atoms with E-state index in [0.29, 0.717) is 11.3 Å². The highest BCUT2D eigenvalue weighted by atomic mass is 28.4. The molecule has 3 fully saturated rings. The van der Waals surface area contributed by atoms with Crippen LogP contribution in [-0.2, 0) is 4.43 Å². The van der Waals surface area contributed by atoms with Gasteiger partial charge in [-0.15, -0.1) is 0 Å². The van der Waals surface area contributed by atoms with Crippen molar-refractivity contribution in [3.63, 3.8) is 0 Å². The number of rotatable bonds is 0. The highest BCUT2D eigenvalue weighted by Gasteiger charge is 2.80. The van der Waals surface area contributed by atoms with Gasteiger partial charge in [0.25, 0.3) is 8.32 Å². The number of allylic oxidation sites excluding steroid dienone is 1. The van der Waals surface area contributed by atoms with Crippen molar-refractivity contribution in [2.45, 2.75) is 83.3 Å². The minimum Gasteiger partial charge on any atom is -0.545 e. The third-order valence-corrected chi connectivity index (χ3v) is 13.5. The van der Waals surface area contributed by atoms with Crippen molar-refractivity contribution >= 4 is 8.32 Å². The molecule has 1 nitrogen and oxygen atoms in total. The summed E-state index contributed by atoms with van der Waals surface area (Å²) in [7, 11) is -1.90. The zero-order valence-corrected chi connectivity index (χ0v) is 15.5. The van der Waals surface area contributed by atoms with Gasteiger partial charge in [-0.2, -0.15) is 0 Å². The van der Waals surface area contributed by atoms with Gasteiger partial charge in [-0.3, -0.25) is 0 Å². The molecule has 1 aliphatic heterocycles. The maximum absolute atomic E-state index is 6.88. The molecule has 1 heterocycles. The van der Waals surface area contributed by atoms with E-state index in [0.717, 1.165) is 17.2 Å². The molecule has 0 aromatic rings. The molecule has 2 aliphatic carbocycles. The third-order valence-electron chi connectivity index (χ3n) is 6.73. The Balaban J connectivity index is 2.11. The van der Waals surface area contributed by atoms with Crippen LogP contribution in [0.25, 0.3) is 0 Å². The second-order valence-electron chi connectivity index (χ2n) is 9.79. The van der Waals surface area contributed by atoms with Gasteiger partial charge in [0.2, 0.25) is 0 Å². The first-order valence-electron chi connectivity index (χ1n) is 8.35. The lowest BCUT2D eigenvalue weighted by Crippen LogP contribution is -2.58. The predicted octanol–water partition coefficient (Wildman–Crippen LogP) is 5.88. The van der Waals surface area contributed by atoms with Crippen LogP contribution in [0.4, 0.5) is 0 Å². The van der Waals surface area contributed by atoms with E-state index in [2.05, 4.69) is 55.0 Å². The summed E-state index contributed by atoms with van der Waals surface area (Å²) in [4.78, 5) is 0. The van der Waals surface area contributed by atoms with Crippen molar-refractivity contribution in [3.8, 4) is 0 Å². The third kappa shape index (κ3) is 1.49. The van der Waals surface area contributed by atoms with Crippen molar-refractivity contribution in [2.24, 2.45) is 17.3 Å². The molecule has 114 valence electrons. The van der Waals surface area contributed by atoms with Gasteiger partial charge in [-0.05, 0) is 46.2 Å². The summed E-state index contributed by atoms with van der Waals surface area (Å²) in [5.74, 6) is 2.58. The minimum absolute atomic E-state index is 0.277. The van der Waals surface area contributed by atoms with Gasteiger partial charge in [-0.1, -0.05) is 55.0 Å². The highest BCUT2D eigenvalue weighted by Crippen LogP contribution is 2.83. The molecule has 4 atom stereocenters. The standard InChI is InChI=1S/C18H32OSi/c1-12-9-10-18-11-14(18)20(16(3,4)5,17(6,7)8)19-13(2)15(12)18/h12,14-15H,2,9-11H2,1,3-8H3/t12?,14?,15-,18?/m1/s1. The fourth-order valence-corrected chi connectivity index (χ4v) is 13.8. The van der Waals surface area contributed by atoms with Gasteiger partial charge < -0.3 is 4.43 Å². The lowest BCUT2D eigenvalue weighted by atomic mass is 9.86. The van der Waals surface area contributed by atoms with Crippen molar-refractivity contribution < 1.29 is 4.43 Å². The molecule has 0 aromatic heterocycles. The lowest BCUT2D eigenvalue weighted by molar-refractivity contribution is 0.192. The van der Waals surface area contributed by atoms with E-state index in [9.17, 15) is 0 Å². The van der Waals surface area contributed by atoms with E-state index in [1.807, 2.05) is 0 Å². The first kappa shape index (κ1) is 14.7. The van der Waals surface area contributed by atoms with Gasteiger partial charge in [0, 0.05) is 5.92 Å². The zero-order chi connectivity index (χ0) is 15.1. The molecule has 0 N–H and O–H groups in total. The minimum atomic E-state index is -1.90. The highest BCUT2D eigenvalue weighted by molar-refractivity contribution is 6.82. The van der Waals surface area contributed by atoms with Crippen molar-refractivity contribution in [2.75, 3.05) is 0 Å². The smallest absolute Gasteiger partial charge is 0.264 e. The van der Waals surface area contributed by atoms with E-state index < -0.39 is 8.32 Å². The number of hydrogen-bond acceptors (Lipinski definition) is 1. The molecule has 20 heavy (non-hydrogen) atoms. The molecule has 3 unspecified atom stereocenters. The normalized spacial score (nSPS) is 42.8. The fraction of sp³-hybridized carbons (Fsp3) is 0.889. The molecule has 0 radical (unpaired) electrons. The molecule has 3 aliphatic rings. The topological polar surface area (TPSA) is 9.23 Å². The van der Waals surface area contributed by atoms with Crippen molar-refractivity contribution in [3.05, 3.63) is 12.3 Å². The molecule has 2 heteroatoms. The Morgan fingerprint density at radius 3 is 2.20 bits per heavy atom. The average molecular weight is 293 g/mol. The second kappa shape index (κ2) is 3.74. The molecule has 3 rings (SSSR count). The lowest BCUT2D eigenvalue weighted by Gasteiger charge is -2.55. The molecule has 0 amide bonds. The largest absolute Gasteiger partial charge is 0.545 e. The van der Waals surface area contributed by atoms with E-state index in [1.165, 1.54) is 19.3 Å². The van der Waals surface area contributed by atoms with Gasteiger partial charge in [-0.25, -0.2) is 0 Å². The van der Waals surface area contributed by atoms with Crippen LogP contribution in [-0.4, -0.2) is 8.32 Å². The Labute approximate surface area is 126 Å². The monoisotopic (exact) mass is 292 g/mol. The van der Waals surface area contributed by atoms with Crippen LogP contribution in [0.15, 0.2) is 12.3 Å². The molecular formula is C18H32OSi. The van der Waals surface area contributed by atoms with Crippen LogP contribution in [0.1, 0.15) is 67.7 Å². The summed E-state index contributed by atoms with van der Waals surface area (Å²) in [6, 6.07) is 0. The quantitative estimate of drug-likeness (QED) is 0.506. The Kier molecular flexibility index (Phi) is 2.75. The molecule has 1 saturated heterocycles. The Morgan fingerprint density at radius 1 is 1.15 bits per heavy atom. The van der Waals surface area contributed by atoms with Crippen LogP contribution in [0.5, 0.6) is 0 Å². The summed E-state index contributed by atoms with van der Waals surface area (Å²) >= 11 is 0. The summed E-state index contributed by atoms with van der Waals surface area (Å²) in [5, 5.41) is 0.554. The van der Waals surface area contributed by atoms with Gasteiger partial charge in [0.1, 0.15) is 0 Å². The average Bonchev–Trinajstić information content (AvgIpc) is 2.87. The van der Waals surface area contributed by atoms with Crippen LogP contribution in [0.2, 0.25) is 15.6 Å². The van der Waals surface area contributed by atoms with Crippen molar-refractivity contribution in [1.29, 1.82) is 0 Å². The van der Waals surface area contributed by atoms with Gasteiger partial charge in [0.15, 0.2) is 0 Å². The Morgan fingerprint density at radius 2 is 1.70 bits per heavy atom. The van der Waals surface area contributed by atoms with E-state index in [4.69, 9.17) is 4.43 Å². The van der Waals surface area contributed by atoms with E-state index >= 15 is 0 Å². The van der Waals surface area contributed by atoms with Crippen LogP contribution in [0, 0.1) is 17.3 Å². The fourth-order valence-electron chi connectivity index (χ4n) is 6.33. The first-order chi connectivity index (χ1) is 8.97. The summed E-state index contributed by atoms with van der Waals surface area (Å²) < 4.78 is 6.88. The van der Waals surface area contributed by atoms with Gasteiger partial charge in [0.05, 0.1) is 5.76 Å². The van der Waals surface area contributed by atoms with Crippen molar-refractivity contribution in [1.82, 2.24) is 0 Å². The van der Waals surface area contributed by atoms with E-state index in [1.54, 1.807) is 0 Å². The maximum atomic E-state index is 6.88. The predicted molar refractivity (Wildman–Crippen MR) is 88.1 cm³/mol. The summed E-state index contributed by atoms with van der Waals surface area (Å²) in [6.07, 6.45) is 4.22. The molecule has 0 bridgehead atoms. The Hall–Kier alpha value is -0.243. The molecule has 1 spiro atoms. The van der Waals surface area contributed by atoms with Crippen LogP contribution < -0.4 is 0 Å². The SMILES string of the molecule is C=C1O[Si](C(C)(C)C)(C(C)(C)C)C2CC23CCC(C)[C@H]13. The van der Waals surface area contributed by atoms with E-state index in [-0.39, 0.29) is 10.1 Å². The molecular weight excluding hydrogens is 260 g/mol. The Bertz CT molecular complexity index is 439. The maximum Gasteiger partial charge on any atom is 0.264 e. The molecule has 0 aromatic carbocycles.